The van der Waals surface area contributed by atoms with E-state index in [0.29, 0.717) is 116 Å². The van der Waals surface area contributed by atoms with E-state index in [1.807, 2.05) is 26.2 Å². The molecule has 1 aliphatic carbocycles. The van der Waals surface area contributed by atoms with Gasteiger partial charge in [0.1, 0.15) is 46.9 Å². The van der Waals surface area contributed by atoms with E-state index in [1.54, 1.807) is 24.4 Å². The lowest BCUT2D eigenvalue weighted by Gasteiger charge is -2.57. The number of carbonyl (C=O) groups is 2. The van der Waals surface area contributed by atoms with E-state index in [1.165, 1.54) is 28.9 Å². The Hall–Kier alpha value is -6.34. The summed E-state index contributed by atoms with van der Waals surface area (Å²) >= 11 is 0. The highest BCUT2D eigenvalue weighted by atomic mass is 19.1. The molecule has 4 aromatic heterocycles. The first-order valence-corrected chi connectivity index (χ1v) is 21.5. The van der Waals surface area contributed by atoms with Crippen LogP contribution in [0.4, 0.5) is 30.8 Å². The second-order valence-electron chi connectivity index (χ2n) is 17.6. The number of piperidine rings is 2. The zero-order chi connectivity index (χ0) is 42.8. The predicted octanol–water partition coefficient (Wildman–Crippen LogP) is 4.01. The second-order valence-corrected chi connectivity index (χ2v) is 17.6. The number of hydrogen-bond donors (Lipinski definition) is 1. The molecule has 6 aromatic rings. The number of nitrogens with zero attached hydrogens (tertiary/aromatic N) is 11. The number of pyridine rings is 1. The molecule has 6 aliphatic heterocycles. The van der Waals surface area contributed by atoms with Crippen molar-refractivity contribution >= 4 is 51.5 Å². The van der Waals surface area contributed by atoms with Crippen LogP contribution in [0.15, 0.2) is 54.7 Å². The summed E-state index contributed by atoms with van der Waals surface area (Å²) in [5, 5.41) is 5.07. The molecule has 2 bridgehead atoms. The van der Waals surface area contributed by atoms with Crippen LogP contribution in [0, 0.1) is 30.3 Å². The zero-order valence-corrected chi connectivity index (χ0v) is 34.3. The smallest absolute Gasteiger partial charge is 0.245 e. The van der Waals surface area contributed by atoms with Crippen LogP contribution in [-0.4, -0.2) is 132 Å². The lowest BCUT2D eigenvalue weighted by Crippen LogP contribution is -2.75. The molecule has 10 heterocycles. The van der Waals surface area contributed by atoms with Gasteiger partial charge in [0.05, 0.1) is 66.3 Å². The molecule has 2 unspecified atom stereocenters. The molecule has 13 rings (SSSR count). The molecule has 6 saturated heterocycles. The average Bonchev–Trinajstić information content (AvgIpc) is 3.66. The Labute approximate surface area is 358 Å². The summed E-state index contributed by atoms with van der Waals surface area (Å²) in [7, 11) is 0. The maximum Gasteiger partial charge on any atom is 0.245 e. The third kappa shape index (κ3) is 6.21. The van der Waals surface area contributed by atoms with Gasteiger partial charge in [-0.1, -0.05) is 6.07 Å². The second kappa shape index (κ2) is 14.3. The van der Waals surface area contributed by atoms with Crippen molar-refractivity contribution in [1.82, 2.24) is 44.1 Å². The first kappa shape index (κ1) is 38.3. The first-order valence-electron chi connectivity index (χ1n) is 21.5. The van der Waals surface area contributed by atoms with Crippen molar-refractivity contribution in [2.45, 2.75) is 75.5 Å². The van der Waals surface area contributed by atoms with Crippen LogP contribution >= 0.6 is 0 Å². The van der Waals surface area contributed by atoms with Crippen molar-refractivity contribution in [3.05, 3.63) is 78.0 Å². The minimum absolute atomic E-state index is 0.00717. The molecule has 6 atom stereocenters. The standard InChI is InChI=1S/C44H43F3N12O4/c1-22-50-33-14-25(46)12-29(32-4-2-5-38(48)51-32)39(33)55(22)19-28-18-54(8-3-9-63-28)42(60)36-11-23-10-35(23)58(36)40-30-16-49-59(34-7-6-24(45)13-31(34)47)41(30)53-44(52-40)57-26-15-37(57)43(61)56(17-26)27-20-62-21-27/h2,4-7,12-14,16,23,26-28,35-37H,3,8-11,15,17-21H2,1H3,(H2,48,51)/t23-,26+,28+,35?,36-,37?/m0/s1. The van der Waals surface area contributed by atoms with Crippen LogP contribution in [0.3, 0.4) is 0 Å². The van der Waals surface area contributed by atoms with E-state index >= 15 is 9.18 Å². The summed E-state index contributed by atoms with van der Waals surface area (Å²) in [4.78, 5) is 55.9. The Morgan fingerprint density at radius 1 is 0.937 bits per heavy atom. The van der Waals surface area contributed by atoms with E-state index in [9.17, 15) is 13.6 Å². The van der Waals surface area contributed by atoms with E-state index in [-0.39, 0.29) is 47.2 Å². The number of ether oxygens (including phenoxy) is 2. The maximum atomic E-state index is 15.4. The number of rotatable bonds is 8. The normalized spacial score (nSPS) is 25.7. The molecule has 0 spiro atoms. The number of aromatic nitrogens is 7. The number of aryl methyl sites for hydroxylation is 1. The number of benzene rings is 2. The molecule has 1 saturated carbocycles. The highest BCUT2D eigenvalue weighted by Gasteiger charge is 2.57. The predicted molar refractivity (Wildman–Crippen MR) is 223 cm³/mol. The van der Waals surface area contributed by atoms with Gasteiger partial charge < -0.3 is 39.4 Å². The number of amides is 2. The fraction of sp³-hybridized carbons (Fsp3) is 0.432. The molecular weight excluding hydrogens is 818 g/mol. The molecular formula is C44H43F3N12O4. The van der Waals surface area contributed by atoms with E-state index in [2.05, 4.69) is 15.0 Å². The third-order valence-electron chi connectivity index (χ3n) is 13.8. The number of carbonyl (C=O) groups excluding carboxylic acids is 2. The van der Waals surface area contributed by atoms with Crippen molar-refractivity contribution in [3.63, 3.8) is 0 Å². The molecule has 2 amide bonds. The van der Waals surface area contributed by atoms with Crippen LogP contribution < -0.4 is 15.5 Å². The Balaban J connectivity index is 0.882. The summed E-state index contributed by atoms with van der Waals surface area (Å²) in [5.74, 6) is -0.00971. The van der Waals surface area contributed by atoms with Crippen LogP contribution in [0.2, 0.25) is 0 Å². The third-order valence-corrected chi connectivity index (χ3v) is 13.8. The fourth-order valence-electron chi connectivity index (χ4n) is 10.5. The SMILES string of the molecule is Cc1nc2cc(F)cc(-c3cccc(N)n3)c2n1C[C@H]1CN(C(=O)[C@@H]2C[C@@H]3CC3N2c2nc(N3C4C[C@@H]3CN(C3COC3)C4=O)nc3c2cnn3-c2ccc(F)cc2F)CCCO1. The number of fused-ring (bicyclic) bond motifs is 5. The largest absolute Gasteiger partial charge is 0.384 e. The van der Waals surface area contributed by atoms with Gasteiger partial charge in [-0.2, -0.15) is 15.1 Å². The van der Waals surface area contributed by atoms with E-state index in [0.717, 1.165) is 12.5 Å². The summed E-state index contributed by atoms with van der Waals surface area (Å²) in [6.07, 6.45) is 3.93. The van der Waals surface area contributed by atoms with Gasteiger partial charge >= 0.3 is 0 Å². The van der Waals surface area contributed by atoms with Crippen molar-refractivity contribution in [1.29, 1.82) is 0 Å². The minimum Gasteiger partial charge on any atom is -0.384 e. The van der Waals surface area contributed by atoms with Crippen LogP contribution in [0.25, 0.3) is 39.0 Å². The van der Waals surface area contributed by atoms with E-state index < -0.39 is 35.6 Å². The lowest BCUT2D eigenvalue weighted by molar-refractivity contribution is -0.155. The number of nitrogen functional groups attached to an aromatic ring is 1. The summed E-state index contributed by atoms with van der Waals surface area (Å²) in [5.41, 5.74) is 8.58. The molecule has 7 aliphatic rings. The fourth-order valence-corrected chi connectivity index (χ4v) is 10.5. The Kier molecular flexibility index (Phi) is 8.73. The lowest BCUT2D eigenvalue weighted by atomic mass is 9.86. The van der Waals surface area contributed by atoms with Gasteiger partial charge in [0.15, 0.2) is 11.5 Å². The van der Waals surface area contributed by atoms with Gasteiger partial charge in [0, 0.05) is 50.0 Å². The summed E-state index contributed by atoms with van der Waals surface area (Å²) < 4.78 is 59.6. The number of imidazole rings is 1. The molecule has 7 fully saturated rings. The molecule has 19 heteroatoms. The van der Waals surface area contributed by atoms with Crippen LogP contribution in [0.5, 0.6) is 0 Å². The number of nitrogens with two attached hydrogens (primary N) is 1. The highest BCUT2D eigenvalue weighted by Crippen LogP contribution is 2.52. The monoisotopic (exact) mass is 860 g/mol. The molecule has 63 heavy (non-hydrogen) atoms. The average molecular weight is 861 g/mol. The number of anilines is 3. The van der Waals surface area contributed by atoms with Gasteiger partial charge in [0.25, 0.3) is 0 Å². The van der Waals surface area contributed by atoms with Gasteiger partial charge in [-0.25, -0.2) is 27.8 Å². The van der Waals surface area contributed by atoms with Crippen molar-refractivity contribution in [2.75, 3.05) is 55.0 Å². The summed E-state index contributed by atoms with van der Waals surface area (Å²) in [6, 6.07) is 10.4. The Morgan fingerprint density at radius 2 is 1.81 bits per heavy atom. The van der Waals surface area contributed by atoms with Crippen molar-refractivity contribution < 1.29 is 32.2 Å². The molecule has 0 radical (unpaired) electrons. The number of hydrogen-bond acceptors (Lipinski definition) is 12. The Bertz CT molecular complexity index is 2870. The molecule has 16 nitrogen and oxygen atoms in total. The molecule has 2 N–H and O–H groups in total. The van der Waals surface area contributed by atoms with Gasteiger partial charge in [0.2, 0.25) is 17.8 Å². The van der Waals surface area contributed by atoms with Gasteiger partial charge in [-0.05, 0) is 68.9 Å². The highest BCUT2D eigenvalue weighted by molar-refractivity contribution is 5.96. The van der Waals surface area contributed by atoms with Gasteiger partial charge in [-0.15, -0.1) is 0 Å². The summed E-state index contributed by atoms with van der Waals surface area (Å²) in [6.45, 7) is 4.98. The quantitative estimate of drug-likeness (QED) is 0.234. The number of piperazine rings is 1. The van der Waals surface area contributed by atoms with Crippen molar-refractivity contribution in [2.24, 2.45) is 5.92 Å². The van der Waals surface area contributed by atoms with Crippen molar-refractivity contribution in [3.8, 4) is 16.9 Å². The van der Waals surface area contributed by atoms with Crippen LogP contribution in [0.1, 0.15) is 31.5 Å². The first-order chi connectivity index (χ1) is 30.6. The maximum absolute atomic E-state index is 15.4. The van der Waals surface area contributed by atoms with Crippen LogP contribution in [-0.2, 0) is 25.6 Å². The van der Waals surface area contributed by atoms with E-state index in [4.69, 9.17) is 30.2 Å². The Morgan fingerprint density at radius 3 is 2.60 bits per heavy atom. The molecule has 324 valence electrons. The molecule has 2 aromatic carbocycles. The number of halogens is 3. The van der Waals surface area contributed by atoms with Gasteiger partial charge in [-0.3, -0.25) is 9.59 Å². The topological polar surface area (TPSA) is 166 Å². The minimum atomic E-state index is -0.811. The zero-order valence-electron chi connectivity index (χ0n) is 34.3.